The second kappa shape index (κ2) is 5.72. The number of ether oxygens (including phenoxy) is 2. The van der Waals surface area contributed by atoms with Crippen LogP contribution < -0.4 is 14.8 Å². The molecule has 7 nitrogen and oxygen atoms in total. The van der Waals surface area contributed by atoms with Crippen LogP contribution >= 0.6 is 11.8 Å². The Morgan fingerprint density at radius 2 is 2.00 bits per heavy atom. The van der Waals surface area contributed by atoms with E-state index in [4.69, 9.17) is 9.47 Å². The molecule has 0 spiro atoms. The second-order valence-electron chi connectivity index (χ2n) is 5.38. The molecule has 1 N–H and O–H groups in total. The number of amides is 1. The Bertz CT molecular complexity index is 854. The number of nitrogens with zero attached hydrogens (tertiary/aromatic N) is 1. The van der Waals surface area contributed by atoms with Crippen molar-refractivity contribution in [3.63, 3.8) is 0 Å². The molecule has 2 aromatic carbocycles. The summed E-state index contributed by atoms with van der Waals surface area (Å²) in [4.78, 5) is 22.6. The Morgan fingerprint density at radius 1 is 1.21 bits per heavy atom. The van der Waals surface area contributed by atoms with Gasteiger partial charge in [0.2, 0.25) is 12.7 Å². The predicted octanol–water partition coefficient (Wildman–Crippen LogP) is 3.10. The molecule has 2 aliphatic rings. The van der Waals surface area contributed by atoms with Crippen LogP contribution in [0.5, 0.6) is 11.5 Å². The van der Waals surface area contributed by atoms with Gasteiger partial charge in [-0.15, -0.1) is 11.8 Å². The summed E-state index contributed by atoms with van der Waals surface area (Å²) in [5, 5.41) is 13.7. The van der Waals surface area contributed by atoms with E-state index in [1.165, 1.54) is 17.8 Å². The van der Waals surface area contributed by atoms with Crippen molar-refractivity contribution in [2.75, 3.05) is 17.9 Å². The van der Waals surface area contributed by atoms with Gasteiger partial charge in [0, 0.05) is 23.9 Å². The minimum Gasteiger partial charge on any atom is -0.454 e. The molecule has 0 aliphatic carbocycles. The fraction of sp³-hybridized carbons (Fsp3) is 0.188. The van der Waals surface area contributed by atoms with Gasteiger partial charge in [0.1, 0.15) is 0 Å². The number of fused-ring (bicyclic) bond motifs is 2. The van der Waals surface area contributed by atoms with Crippen molar-refractivity contribution < 1.29 is 19.2 Å². The van der Waals surface area contributed by atoms with E-state index in [-0.39, 0.29) is 29.4 Å². The molecule has 0 radical (unpaired) electrons. The number of thioether (sulfide) groups is 1. The second-order valence-corrected chi connectivity index (χ2v) is 6.48. The molecule has 0 saturated carbocycles. The highest BCUT2D eigenvalue weighted by Crippen LogP contribution is 2.47. The van der Waals surface area contributed by atoms with E-state index >= 15 is 0 Å². The molecular weight excluding hydrogens is 332 g/mol. The number of non-ortho nitro benzene ring substituents is 1. The van der Waals surface area contributed by atoms with E-state index < -0.39 is 4.92 Å². The van der Waals surface area contributed by atoms with Gasteiger partial charge in [-0.2, -0.15) is 0 Å². The lowest BCUT2D eigenvalue weighted by molar-refractivity contribution is -0.384. The predicted molar refractivity (Wildman–Crippen MR) is 88.6 cm³/mol. The third-order valence-corrected chi connectivity index (χ3v) is 5.15. The van der Waals surface area contributed by atoms with Gasteiger partial charge >= 0.3 is 0 Å². The Kier molecular flexibility index (Phi) is 3.53. The van der Waals surface area contributed by atoms with Crippen molar-refractivity contribution in [1.29, 1.82) is 0 Å². The highest BCUT2D eigenvalue weighted by molar-refractivity contribution is 8.00. The molecule has 2 heterocycles. The van der Waals surface area contributed by atoms with Crippen LogP contribution in [0.15, 0.2) is 36.4 Å². The molecule has 2 aromatic rings. The van der Waals surface area contributed by atoms with Gasteiger partial charge < -0.3 is 14.8 Å². The fourth-order valence-electron chi connectivity index (χ4n) is 2.80. The number of carbonyl (C=O) groups is 1. The van der Waals surface area contributed by atoms with Crippen LogP contribution in [-0.2, 0) is 4.79 Å². The monoisotopic (exact) mass is 344 g/mol. The van der Waals surface area contributed by atoms with Crippen molar-refractivity contribution in [2.45, 2.75) is 5.25 Å². The molecule has 0 bridgehead atoms. The fourth-order valence-corrected chi connectivity index (χ4v) is 3.90. The maximum absolute atomic E-state index is 12.0. The Balaban J connectivity index is 1.83. The number of rotatable bonds is 2. The number of hydrogen-bond donors (Lipinski definition) is 1. The summed E-state index contributed by atoms with van der Waals surface area (Å²) in [6, 6.07) is 10.1. The first-order chi connectivity index (χ1) is 11.6. The van der Waals surface area contributed by atoms with Crippen LogP contribution in [0.4, 0.5) is 11.4 Å². The van der Waals surface area contributed by atoms with Gasteiger partial charge in [-0.3, -0.25) is 14.9 Å². The lowest BCUT2D eigenvalue weighted by atomic mass is 10.0. The zero-order chi connectivity index (χ0) is 16.7. The van der Waals surface area contributed by atoms with E-state index in [0.29, 0.717) is 17.2 Å². The number of hydrogen-bond acceptors (Lipinski definition) is 6. The van der Waals surface area contributed by atoms with Crippen molar-refractivity contribution in [3.05, 3.63) is 57.6 Å². The number of carbonyl (C=O) groups excluding carboxylic acids is 1. The summed E-state index contributed by atoms with van der Waals surface area (Å²) >= 11 is 1.42. The van der Waals surface area contributed by atoms with Crippen LogP contribution in [0.25, 0.3) is 0 Å². The number of benzene rings is 2. The molecule has 1 atom stereocenters. The third kappa shape index (κ3) is 2.54. The van der Waals surface area contributed by atoms with E-state index in [0.717, 1.165) is 11.1 Å². The first kappa shape index (κ1) is 14.8. The summed E-state index contributed by atoms with van der Waals surface area (Å²) in [6.07, 6.45) is 0. The zero-order valence-corrected chi connectivity index (χ0v) is 13.2. The quantitative estimate of drug-likeness (QED) is 0.665. The number of nitro groups is 1. The van der Waals surface area contributed by atoms with Gasteiger partial charge in [-0.25, -0.2) is 0 Å². The van der Waals surface area contributed by atoms with Gasteiger partial charge in [0.15, 0.2) is 11.5 Å². The first-order valence-corrected chi connectivity index (χ1v) is 8.26. The van der Waals surface area contributed by atoms with Crippen LogP contribution in [0.1, 0.15) is 16.4 Å². The van der Waals surface area contributed by atoms with Crippen molar-refractivity contribution in [3.8, 4) is 11.5 Å². The van der Waals surface area contributed by atoms with Gasteiger partial charge in [0.25, 0.3) is 5.69 Å². The molecule has 1 amide bonds. The normalized spacial score (nSPS) is 18.5. The largest absolute Gasteiger partial charge is 0.454 e. The molecule has 1 unspecified atom stereocenters. The zero-order valence-electron chi connectivity index (χ0n) is 12.4. The number of nitro benzene ring substituents is 1. The molecule has 0 aromatic heterocycles. The average Bonchev–Trinajstić information content (AvgIpc) is 2.95. The van der Waals surface area contributed by atoms with E-state index in [1.807, 2.05) is 12.1 Å². The molecule has 2 aliphatic heterocycles. The Labute approximate surface area is 141 Å². The molecule has 24 heavy (non-hydrogen) atoms. The third-order valence-electron chi connectivity index (χ3n) is 3.87. The van der Waals surface area contributed by atoms with Crippen molar-refractivity contribution >= 4 is 29.0 Å². The maximum atomic E-state index is 12.0. The number of nitrogens with one attached hydrogen (secondary N) is 1. The average molecular weight is 344 g/mol. The van der Waals surface area contributed by atoms with Crippen LogP contribution in [-0.4, -0.2) is 23.4 Å². The minimum atomic E-state index is -0.422. The maximum Gasteiger partial charge on any atom is 0.269 e. The van der Waals surface area contributed by atoms with E-state index in [2.05, 4.69) is 5.32 Å². The molecule has 122 valence electrons. The summed E-state index contributed by atoms with van der Waals surface area (Å²) in [7, 11) is 0. The molecule has 4 rings (SSSR count). The van der Waals surface area contributed by atoms with Crippen LogP contribution in [0, 0.1) is 10.1 Å². The SMILES string of the molecule is O=C1CSC(c2cccc([N+](=O)[O-])c2)c2cc3c(cc2N1)OCO3. The van der Waals surface area contributed by atoms with E-state index in [1.54, 1.807) is 18.2 Å². The summed E-state index contributed by atoms with van der Waals surface area (Å²) in [5.41, 5.74) is 2.28. The summed E-state index contributed by atoms with van der Waals surface area (Å²) in [5.74, 6) is 1.33. The highest BCUT2D eigenvalue weighted by atomic mass is 32.2. The Hall–Kier alpha value is -2.74. The molecule has 0 fully saturated rings. The summed E-state index contributed by atoms with van der Waals surface area (Å²) in [6.45, 7) is 0.140. The standard InChI is InChI=1S/C16H12N2O5S/c19-15-7-24-16(9-2-1-3-10(4-9)18(20)21)11-5-13-14(23-8-22-13)6-12(11)17-15/h1-6,16H,7-8H2,(H,17,19). The van der Waals surface area contributed by atoms with Crippen LogP contribution in [0.3, 0.4) is 0 Å². The summed E-state index contributed by atoms with van der Waals surface area (Å²) < 4.78 is 10.8. The van der Waals surface area contributed by atoms with Crippen molar-refractivity contribution in [1.82, 2.24) is 0 Å². The van der Waals surface area contributed by atoms with E-state index in [9.17, 15) is 14.9 Å². The smallest absolute Gasteiger partial charge is 0.269 e. The topological polar surface area (TPSA) is 90.7 Å². The molecule has 0 saturated heterocycles. The Morgan fingerprint density at radius 3 is 2.79 bits per heavy atom. The minimum absolute atomic E-state index is 0.0268. The lowest BCUT2D eigenvalue weighted by Gasteiger charge is -2.17. The van der Waals surface area contributed by atoms with Crippen molar-refractivity contribution in [2.24, 2.45) is 0 Å². The lowest BCUT2D eigenvalue weighted by Crippen LogP contribution is -2.12. The first-order valence-electron chi connectivity index (χ1n) is 7.21. The van der Waals surface area contributed by atoms with Gasteiger partial charge in [-0.1, -0.05) is 12.1 Å². The highest BCUT2D eigenvalue weighted by Gasteiger charge is 2.28. The molecular formula is C16H12N2O5S. The van der Waals surface area contributed by atoms with Gasteiger partial charge in [0.05, 0.1) is 15.9 Å². The molecule has 8 heteroatoms. The van der Waals surface area contributed by atoms with Gasteiger partial charge in [-0.05, 0) is 17.2 Å². The van der Waals surface area contributed by atoms with Crippen LogP contribution in [0.2, 0.25) is 0 Å². The number of anilines is 1.